The minimum atomic E-state index is -0.251. The highest BCUT2D eigenvalue weighted by atomic mass is 32.1. The van der Waals surface area contributed by atoms with Gasteiger partial charge in [0.2, 0.25) is 5.91 Å². The van der Waals surface area contributed by atoms with Crippen LogP contribution in [0.15, 0.2) is 78.3 Å². The van der Waals surface area contributed by atoms with Crippen LogP contribution in [0.25, 0.3) is 22.0 Å². The minimum absolute atomic E-state index is 0.0573. The second-order valence-electron chi connectivity index (χ2n) is 7.94. The van der Waals surface area contributed by atoms with Gasteiger partial charge in [-0.25, -0.2) is 4.98 Å². The summed E-state index contributed by atoms with van der Waals surface area (Å²) in [7, 11) is 1.74. The Hall–Kier alpha value is -4.04. The quantitative estimate of drug-likeness (QED) is 0.421. The third-order valence-corrected chi connectivity index (χ3v) is 6.43. The van der Waals surface area contributed by atoms with Crippen LogP contribution < -0.4 is 9.64 Å². The molecule has 2 aromatic heterocycles. The normalized spacial score (nSPS) is 12.7. The Bertz CT molecular complexity index is 1320. The number of ether oxygens (including phenoxy) is 1. The number of likely N-dealkylation sites (N-methyl/N-ethyl adjacent to an activating group) is 1. The Kier molecular flexibility index (Phi) is 6.05. The molecule has 0 atom stereocenters. The number of nitrogens with zero attached hydrogens (tertiary/aromatic N) is 4. The summed E-state index contributed by atoms with van der Waals surface area (Å²) >= 11 is 1.51. The van der Waals surface area contributed by atoms with Crippen molar-refractivity contribution in [3.05, 3.63) is 83.9 Å². The Balaban J connectivity index is 1.38. The zero-order valence-corrected chi connectivity index (χ0v) is 19.4. The Morgan fingerprint density at radius 2 is 1.91 bits per heavy atom. The van der Waals surface area contributed by atoms with Crippen LogP contribution in [0.5, 0.6) is 5.75 Å². The molecule has 1 aliphatic heterocycles. The van der Waals surface area contributed by atoms with E-state index < -0.39 is 0 Å². The maximum Gasteiger partial charge on any atom is 0.265 e. The number of rotatable bonds is 6. The largest absolute Gasteiger partial charge is 0.482 e. The molecule has 170 valence electrons. The van der Waals surface area contributed by atoms with Gasteiger partial charge in [0.1, 0.15) is 17.3 Å². The molecule has 34 heavy (non-hydrogen) atoms. The van der Waals surface area contributed by atoms with Crippen LogP contribution in [-0.4, -0.2) is 46.9 Å². The fraction of sp³-hybridized carbons (Fsp3) is 0.154. The van der Waals surface area contributed by atoms with Gasteiger partial charge in [-0.05, 0) is 35.9 Å². The van der Waals surface area contributed by atoms with Crippen LogP contribution in [0.2, 0.25) is 0 Å². The van der Waals surface area contributed by atoms with Crippen LogP contribution in [0.4, 0.5) is 5.69 Å². The Labute approximate surface area is 201 Å². The lowest BCUT2D eigenvalue weighted by molar-refractivity contribution is -0.131. The third-order valence-electron chi connectivity index (χ3n) is 5.57. The van der Waals surface area contributed by atoms with E-state index in [1.54, 1.807) is 18.1 Å². The van der Waals surface area contributed by atoms with Crippen molar-refractivity contribution in [1.29, 1.82) is 0 Å². The molecule has 0 bridgehead atoms. The molecule has 0 radical (unpaired) electrons. The topological polar surface area (TPSA) is 75.6 Å². The summed E-state index contributed by atoms with van der Waals surface area (Å²) in [5.41, 5.74) is 4.03. The van der Waals surface area contributed by atoms with E-state index in [-0.39, 0.29) is 25.0 Å². The highest BCUT2D eigenvalue weighted by Gasteiger charge is 2.29. The number of benzene rings is 2. The Morgan fingerprint density at radius 1 is 1.09 bits per heavy atom. The molecule has 4 aromatic rings. The molecule has 7 nitrogen and oxygen atoms in total. The maximum absolute atomic E-state index is 13.0. The average molecular weight is 471 g/mol. The highest BCUT2D eigenvalue weighted by Crippen LogP contribution is 2.37. The van der Waals surface area contributed by atoms with Crippen molar-refractivity contribution in [2.45, 2.75) is 6.54 Å². The average Bonchev–Trinajstić information content (AvgIpc) is 3.37. The number of fused-ring (bicyclic) bond motifs is 1. The van der Waals surface area contributed by atoms with E-state index in [2.05, 4.69) is 4.98 Å². The van der Waals surface area contributed by atoms with Gasteiger partial charge in [-0.1, -0.05) is 36.4 Å². The molecular weight excluding hydrogens is 448 g/mol. The zero-order valence-electron chi connectivity index (χ0n) is 18.5. The maximum atomic E-state index is 13.0. The van der Waals surface area contributed by atoms with Crippen molar-refractivity contribution in [3.63, 3.8) is 0 Å². The van der Waals surface area contributed by atoms with Gasteiger partial charge in [-0.3, -0.25) is 19.5 Å². The van der Waals surface area contributed by atoms with Gasteiger partial charge in [0, 0.05) is 30.7 Å². The summed E-state index contributed by atoms with van der Waals surface area (Å²) in [6, 6.07) is 21.1. The van der Waals surface area contributed by atoms with Gasteiger partial charge in [-0.15, -0.1) is 11.3 Å². The van der Waals surface area contributed by atoms with Crippen LogP contribution in [0.1, 0.15) is 5.56 Å². The lowest BCUT2D eigenvalue weighted by atomic mass is 10.1. The van der Waals surface area contributed by atoms with E-state index in [4.69, 9.17) is 9.72 Å². The first-order valence-corrected chi connectivity index (χ1v) is 11.7. The first kappa shape index (κ1) is 21.8. The molecule has 0 fully saturated rings. The summed E-state index contributed by atoms with van der Waals surface area (Å²) in [5.74, 6) is 0.169. The fourth-order valence-electron chi connectivity index (χ4n) is 3.75. The molecule has 0 N–H and O–H groups in total. The van der Waals surface area contributed by atoms with Crippen molar-refractivity contribution < 1.29 is 14.3 Å². The van der Waals surface area contributed by atoms with E-state index in [0.29, 0.717) is 18.0 Å². The molecule has 1 aliphatic rings. The molecule has 0 aliphatic carbocycles. The van der Waals surface area contributed by atoms with E-state index in [9.17, 15) is 9.59 Å². The number of aromatic nitrogens is 2. The van der Waals surface area contributed by atoms with Crippen molar-refractivity contribution >= 4 is 28.8 Å². The second kappa shape index (κ2) is 9.44. The lowest BCUT2D eigenvalue weighted by Gasteiger charge is -2.30. The van der Waals surface area contributed by atoms with Crippen molar-refractivity contribution in [2.24, 2.45) is 0 Å². The van der Waals surface area contributed by atoms with Crippen LogP contribution in [0, 0.1) is 0 Å². The smallest absolute Gasteiger partial charge is 0.265 e. The molecule has 0 unspecified atom stereocenters. The second-order valence-corrected chi connectivity index (χ2v) is 8.80. The van der Waals surface area contributed by atoms with Crippen LogP contribution >= 0.6 is 11.3 Å². The van der Waals surface area contributed by atoms with Gasteiger partial charge in [0.15, 0.2) is 6.61 Å². The van der Waals surface area contributed by atoms with Gasteiger partial charge in [0.05, 0.1) is 17.1 Å². The standard InChI is InChI=1S/C26H22N4O3S/c1-29(14-18-7-3-2-4-8-18)24(31)15-30-22-13-19(10-11-23(22)33-16-25(30)32)21-17-34-26(28-21)20-9-5-6-12-27-20/h2-13,17H,14-16H2,1H3. The summed E-state index contributed by atoms with van der Waals surface area (Å²) < 4.78 is 5.63. The molecule has 3 heterocycles. The minimum Gasteiger partial charge on any atom is -0.482 e. The van der Waals surface area contributed by atoms with Crippen LogP contribution in [0.3, 0.4) is 0 Å². The van der Waals surface area contributed by atoms with Crippen molar-refractivity contribution in [1.82, 2.24) is 14.9 Å². The predicted octanol–water partition coefficient (Wildman–Crippen LogP) is 4.26. The molecule has 0 spiro atoms. The number of anilines is 1. The third kappa shape index (κ3) is 4.53. The number of thiazole rings is 1. The number of pyridine rings is 1. The van der Waals surface area contributed by atoms with Crippen LogP contribution in [-0.2, 0) is 16.1 Å². The lowest BCUT2D eigenvalue weighted by Crippen LogP contribution is -2.45. The number of carbonyl (C=O) groups excluding carboxylic acids is 2. The predicted molar refractivity (Wildman–Crippen MR) is 132 cm³/mol. The Morgan fingerprint density at radius 3 is 2.71 bits per heavy atom. The van der Waals surface area contributed by atoms with Gasteiger partial charge in [0.25, 0.3) is 5.91 Å². The molecule has 5 rings (SSSR count). The molecule has 2 amide bonds. The monoisotopic (exact) mass is 470 g/mol. The summed E-state index contributed by atoms with van der Waals surface area (Å²) in [5, 5.41) is 2.77. The molecule has 8 heteroatoms. The van der Waals surface area contributed by atoms with Crippen molar-refractivity contribution in [3.8, 4) is 27.7 Å². The number of amides is 2. The van der Waals surface area contributed by atoms with E-state index >= 15 is 0 Å². The van der Waals surface area contributed by atoms with E-state index in [1.165, 1.54) is 16.2 Å². The first-order valence-electron chi connectivity index (χ1n) is 10.8. The summed E-state index contributed by atoms with van der Waals surface area (Å²) in [6.45, 7) is 0.320. The molecule has 0 saturated heterocycles. The fourth-order valence-corrected chi connectivity index (χ4v) is 4.55. The van der Waals surface area contributed by atoms with Crippen molar-refractivity contribution in [2.75, 3.05) is 25.1 Å². The highest BCUT2D eigenvalue weighted by molar-refractivity contribution is 7.13. The van der Waals surface area contributed by atoms with Gasteiger partial charge >= 0.3 is 0 Å². The zero-order chi connectivity index (χ0) is 23.5. The summed E-state index contributed by atoms with van der Waals surface area (Å²) in [6.07, 6.45) is 1.74. The van der Waals surface area contributed by atoms with Gasteiger partial charge < -0.3 is 9.64 Å². The SMILES string of the molecule is CN(Cc1ccccc1)C(=O)CN1C(=O)COc2ccc(-c3csc(-c4ccccn4)n3)cc21. The number of hydrogen-bond acceptors (Lipinski definition) is 6. The molecule has 2 aromatic carbocycles. The molecule has 0 saturated carbocycles. The van der Waals surface area contributed by atoms with E-state index in [1.807, 2.05) is 72.1 Å². The number of carbonyl (C=O) groups is 2. The first-order chi connectivity index (χ1) is 16.6. The molecular formula is C26H22N4O3S. The summed E-state index contributed by atoms with van der Waals surface area (Å²) in [4.78, 5) is 37.9. The van der Waals surface area contributed by atoms with Gasteiger partial charge in [-0.2, -0.15) is 0 Å². The number of hydrogen-bond donors (Lipinski definition) is 0. The van der Waals surface area contributed by atoms with E-state index in [0.717, 1.165) is 27.5 Å².